The molecule has 88 valence electrons. The quantitative estimate of drug-likeness (QED) is 0.677. The van der Waals surface area contributed by atoms with Crippen molar-refractivity contribution in [3.63, 3.8) is 0 Å². The van der Waals surface area contributed by atoms with E-state index in [0.29, 0.717) is 6.54 Å². The summed E-state index contributed by atoms with van der Waals surface area (Å²) in [5, 5.41) is 21.9. The molecule has 4 nitrogen and oxygen atoms in total. The molecule has 0 aliphatic carbocycles. The van der Waals surface area contributed by atoms with Gasteiger partial charge in [0, 0.05) is 18.7 Å². The van der Waals surface area contributed by atoms with Crippen LogP contribution in [0.15, 0.2) is 18.2 Å². The molecule has 1 heterocycles. The van der Waals surface area contributed by atoms with E-state index >= 15 is 0 Å². The number of benzene rings is 1. The SMILES string of the molecule is CC1(NCc2ccc(O)c(O)c2)CCOC1. The fourth-order valence-electron chi connectivity index (χ4n) is 1.80. The van der Waals surface area contributed by atoms with Gasteiger partial charge in [-0.1, -0.05) is 6.07 Å². The van der Waals surface area contributed by atoms with Gasteiger partial charge in [0.25, 0.3) is 0 Å². The van der Waals surface area contributed by atoms with E-state index in [-0.39, 0.29) is 17.0 Å². The summed E-state index contributed by atoms with van der Waals surface area (Å²) in [7, 11) is 0. The van der Waals surface area contributed by atoms with Crippen LogP contribution >= 0.6 is 0 Å². The highest BCUT2D eigenvalue weighted by molar-refractivity contribution is 5.40. The molecule has 4 heteroatoms. The van der Waals surface area contributed by atoms with Crippen LogP contribution in [0.1, 0.15) is 18.9 Å². The van der Waals surface area contributed by atoms with Gasteiger partial charge in [0.15, 0.2) is 11.5 Å². The summed E-state index contributed by atoms with van der Waals surface area (Å²) in [5.41, 5.74) is 0.969. The topological polar surface area (TPSA) is 61.7 Å². The monoisotopic (exact) mass is 223 g/mol. The molecular formula is C12H17NO3. The molecule has 1 aliphatic heterocycles. The average molecular weight is 223 g/mol. The molecule has 1 saturated heterocycles. The second-order valence-electron chi connectivity index (χ2n) is 4.54. The number of phenols is 2. The van der Waals surface area contributed by atoms with Crippen molar-refractivity contribution in [3.05, 3.63) is 23.8 Å². The van der Waals surface area contributed by atoms with Gasteiger partial charge in [0.05, 0.1) is 6.61 Å². The molecule has 1 unspecified atom stereocenters. The zero-order valence-electron chi connectivity index (χ0n) is 9.36. The largest absolute Gasteiger partial charge is 0.504 e. The Balaban J connectivity index is 1.96. The first-order chi connectivity index (χ1) is 7.59. The first-order valence-electron chi connectivity index (χ1n) is 5.43. The summed E-state index contributed by atoms with van der Waals surface area (Å²) in [4.78, 5) is 0. The number of nitrogens with one attached hydrogen (secondary N) is 1. The minimum Gasteiger partial charge on any atom is -0.504 e. The Bertz CT molecular complexity index is 373. The fourth-order valence-corrected chi connectivity index (χ4v) is 1.80. The third-order valence-corrected chi connectivity index (χ3v) is 2.98. The van der Waals surface area contributed by atoms with Crippen molar-refractivity contribution in [2.45, 2.75) is 25.4 Å². The van der Waals surface area contributed by atoms with Gasteiger partial charge < -0.3 is 20.3 Å². The summed E-state index contributed by atoms with van der Waals surface area (Å²) in [5.74, 6) is -0.161. The lowest BCUT2D eigenvalue weighted by Gasteiger charge is -2.23. The number of phenolic OH excluding ortho intramolecular Hbond substituents is 2. The summed E-state index contributed by atoms with van der Waals surface area (Å²) in [6.45, 7) is 4.30. The van der Waals surface area contributed by atoms with Gasteiger partial charge >= 0.3 is 0 Å². The third-order valence-electron chi connectivity index (χ3n) is 2.98. The maximum Gasteiger partial charge on any atom is 0.157 e. The Labute approximate surface area is 94.9 Å². The van der Waals surface area contributed by atoms with Gasteiger partial charge in [0.1, 0.15) is 0 Å². The van der Waals surface area contributed by atoms with Gasteiger partial charge in [0.2, 0.25) is 0 Å². The number of ether oxygens (including phenoxy) is 1. The predicted octanol–water partition coefficient (Wildman–Crippen LogP) is 1.37. The van der Waals surface area contributed by atoms with Crippen molar-refractivity contribution in [3.8, 4) is 11.5 Å². The highest BCUT2D eigenvalue weighted by atomic mass is 16.5. The number of aromatic hydroxyl groups is 2. The minimum absolute atomic E-state index is 0.0213. The van der Waals surface area contributed by atoms with Crippen LogP contribution in [0.3, 0.4) is 0 Å². The second-order valence-corrected chi connectivity index (χ2v) is 4.54. The van der Waals surface area contributed by atoms with E-state index in [0.717, 1.165) is 25.2 Å². The molecule has 1 aliphatic rings. The Morgan fingerprint density at radius 3 is 2.81 bits per heavy atom. The van der Waals surface area contributed by atoms with Gasteiger partial charge in [-0.3, -0.25) is 0 Å². The summed E-state index contributed by atoms with van der Waals surface area (Å²) in [6.07, 6.45) is 0.997. The summed E-state index contributed by atoms with van der Waals surface area (Å²) >= 11 is 0. The lowest BCUT2D eigenvalue weighted by molar-refractivity contribution is 0.171. The molecule has 1 atom stereocenters. The standard InChI is InChI=1S/C12H17NO3/c1-12(4-5-16-8-12)13-7-9-2-3-10(14)11(15)6-9/h2-3,6,13-15H,4-5,7-8H2,1H3. The second kappa shape index (κ2) is 4.31. The maximum atomic E-state index is 9.35. The van der Waals surface area contributed by atoms with Crippen molar-refractivity contribution in [2.75, 3.05) is 13.2 Å². The van der Waals surface area contributed by atoms with Crippen molar-refractivity contribution in [1.29, 1.82) is 0 Å². The Hall–Kier alpha value is -1.26. The average Bonchev–Trinajstić information content (AvgIpc) is 2.68. The van der Waals surface area contributed by atoms with E-state index in [1.807, 2.05) is 0 Å². The third kappa shape index (κ3) is 2.46. The van der Waals surface area contributed by atoms with Crippen LogP contribution in [0, 0.1) is 0 Å². The van der Waals surface area contributed by atoms with Crippen LogP contribution in [0.5, 0.6) is 11.5 Å². The Morgan fingerprint density at radius 1 is 1.38 bits per heavy atom. The molecule has 1 aromatic carbocycles. The van der Waals surface area contributed by atoms with Gasteiger partial charge in [-0.15, -0.1) is 0 Å². The molecule has 0 saturated carbocycles. The van der Waals surface area contributed by atoms with Crippen LogP contribution in [0.4, 0.5) is 0 Å². The molecule has 2 rings (SSSR count). The highest BCUT2D eigenvalue weighted by Gasteiger charge is 2.28. The molecule has 0 aromatic heterocycles. The Morgan fingerprint density at radius 2 is 2.19 bits per heavy atom. The van der Waals surface area contributed by atoms with Crippen LogP contribution in [-0.2, 0) is 11.3 Å². The number of hydrogen-bond acceptors (Lipinski definition) is 4. The van der Waals surface area contributed by atoms with Gasteiger partial charge in [-0.05, 0) is 31.0 Å². The molecule has 0 radical (unpaired) electrons. The summed E-state index contributed by atoms with van der Waals surface area (Å²) in [6, 6.07) is 4.86. The lowest BCUT2D eigenvalue weighted by atomic mass is 10.0. The van der Waals surface area contributed by atoms with Crippen LogP contribution in [0.2, 0.25) is 0 Å². The van der Waals surface area contributed by atoms with E-state index in [1.165, 1.54) is 6.07 Å². The fraction of sp³-hybridized carbons (Fsp3) is 0.500. The lowest BCUT2D eigenvalue weighted by Crippen LogP contribution is -2.42. The molecule has 1 aromatic rings. The molecule has 0 amide bonds. The van der Waals surface area contributed by atoms with E-state index in [2.05, 4.69) is 12.2 Å². The van der Waals surface area contributed by atoms with E-state index in [4.69, 9.17) is 4.74 Å². The smallest absolute Gasteiger partial charge is 0.157 e. The molecule has 1 fully saturated rings. The van der Waals surface area contributed by atoms with Crippen molar-refractivity contribution in [2.24, 2.45) is 0 Å². The number of rotatable bonds is 3. The van der Waals surface area contributed by atoms with Crippen molar-refractivity contribution < 1.29 is 14.9 Å². The molecular weight excluding hydrogens is 206 g/mol. The van der Waals surface area contributed by atoms with Crippen LogP contribution < -0.4 is 5.32 Å². The molecule has 16 heavy (non-hydrogen) atoms. The first-order valence-corrected chi connectivity index (χ1v) is 5.43. The maximum absolute atomic E-state index is 9.35. The van der Waals surface area contributed by atoms with Crippen molar-refractivity contribution >= 4 is 0 Å². The Kier molecular flexibility index (Phi) is 3.03. The van der Waals surface area contributed by atoms with Gasteiger partial charge in [-0.25, -0.2) is 0 Å². The zero-order chi connectivity index (χ0) is 11.6. The highest BCUT2D eigenvalue weighted by Crippen LogP contribution is 2.25. The van der Waals surface area contributed by atoms with Crippen molar-refractivity contribution in [1.82, 2.24) is 5.32 Å². The predicted molar refractivity (Wildman–Crippen MR) is 60.5 cm³/mol. The van der Waals surface area contributed by atoms with Crippen LogP contribution in [-0.4, -0.2) is 29.0 Å². The van der Waals surface area contributed by atoms with E-state index in [1.54, 1.807) is 12.1 Å². The van der Waals surface area contributed by atoms with Crippen LogP contribution in [0.25, 0.3) is 0 Å². The zero-order valence-corrected chi connectivity index (χ0v) is 9.36. The number of hydrogen-bond donors (Lipinski definition) is 3. The summed E-state index contributed by atoms with van der Waals surface area (Å²) < 4.78 is 5.34. The first kappa shape index (κ1) is 11.2. The normalized spacial score (nSPS) is 24.8. The minimum atomic E-state index is -0.0841. The van der Waals surface area contributed by atoms with Gasteiger partial charge in [-0.2, -0.15) is 0 Å². The van der Waals surface area contributed by atoms with E-state index < -0.39 is 0 Å². The molecule has 3 N–H and O–H groups in total. The van der Waals surface area contributed by atoms with E-state index in [9.17, 15) is 10.2 Å². The molecule has 0 spiro atoms. The molecule has 0 bridgehead atoms.